The van der Waals surface area contributed by atoms with Gasteiger partial charge in [-0.1, -0.05) is 0 Å². The van der Waals surface area contributed by atoms with Gasteiger partial charge in [0.15, 0.2) is 5.60 Å². The molecule has 0 spiro atoms. The minimum Gasteiger partial charge on any atom is -0.380 e. The van der Waals surface area contributed by atoms with Crippen LogP contribution in [0.4, 0.5) is 13.2 Å². The van der Waals surface area contributed by atoms with Gasteiger partial charge in [-0.05, 0) is 26.0 Å². The van der Waals surface area contributed by atoms with Crippen LogP contribution in [0.1, 0.15) is 43.2 Å². The molecule has 4 nitrogen and oxygen atoms in total. The Balaban J connectivity index is 2.09. The van der Waals surface area contributed by atoms with Crippen LogP contribution in [-0.2, 0) is 0 Å². The van der Waals surface area contributed by atoms with Crippen LogP contribution in [0.5, 0.6) is 0 Å². The van der Waals surface area contributed by atoms with E-state index in [4.69, 9.17) is 0 Å². The molecular weight excluding hydrogens is 285 g/mol. The summed E-state index contributed by atoms with van der Waals surface area (Å²) in [7, 11) is 0. The molecule has 7 heteroatoms. The van der Waals surface area contributed by atoms with Crippen molar-refractivity contribution >= 4 is 5.91 Å². The smallest absolute Gasteiger partial charge is 0.380 e. The largest absolute Gasteiger partial charge is 0.417 e. The zero-order chi connectivity index (χ0) is 15.8. The van der Waals surface area contributed by atoms with E-state index in [1.165, 1.54) is 4.90 Å². The molecular formula is C14H19F3N2O2. The summed E-state index contributed by atoms with van der Waals surface area (Å²) in [5.74, 6) is -0.294. The standard InChI is InChI=1S/C14H19F3N2O2/c1-10(2)19-7-3-4-11(19)12(20)18-8-5-13(21,6-9-18)14(15,16)17/h3-4,7,10,21H,5-6,8-9H2,1-2H3. The molecule has 1 saturated heterocycles. The van der Waals surface area contributed by atoms with E-state index >= 15 is 0 Å². The number of hydrogen-bond donors (Lipinski definition) is 1. The molecule has 21 heavy (non-hydrogen) atoms. The Kier molecular flexibility index (Phi) is 4.06. The second-order valence-electron chi connectivity index (χ2n) is 5.72. The van der Waals surface area contributed by atoms with E-state index < -0.39 is 24.6 Å². The first-order valence-electron chi connectivity index (χ1n) is 6.91. The van der Waals surface area contributed by atoms with Crippen molar-refractivity contribution in [2.75, 3.05) is 13.1 Å². The predicted molar refractivity (Wildman–Crippen MR) is 71.0 cm³/mol. The van der Waals surface area contributed by atoms with Crippen molar-refractivity contribution in [2.45, 2.75) is 44.5 Å². The van der Waals surface area contributed by atoms with Crippen LogP contribution < -0.4 is 0 Å². The number of alkyl halides is 3. The van der Waals surface area contributed by atoms with E-state index in [0.717, 1.165) is 0 Å². The lowest BCUT2D eigenvalue weighted by Gasteiger charge is -2.39. The lowest BCUT2D eigenvalue weighted by Crippen LogP contribution is -2.54. The Morgan fingerprint density at radius 2 is 1.90 bits per heavy atom. The molecule has 2 rings (SSSR count). The fourth-order valence-corrected chi connectivity index (χ4v) is 2.55. The molecule has 1 aliphatic heterocycles. The van der Waals surface area contributed by atoms with E-state index in [1.807, 2.05) is 13.8 Å². The van der Waals surface area contributed by atoms with Crippen LogP contribution in [0.25, 0.3) is 0 Å². The molecule has 2 heterocycles. The van der Waals surface area contributed by atoms with Gasteiger partial charge in [0.2, 0.25) is 0 Å². The fraction of sp³-hybridized carbons (Fsp3) is 0.643. The highest BCUT2D eigenvalue weighted by Gasteiger charge is 2.55. The van der Waals surface area contributed by atoms with Crippen LogP contribution in [-0.4, -0.2) is 45.3 Å². The van der Waals surface area contributed by atoms with Crippen molar-refractivity contribution < 1.29 is 23.1 Å². The molecule has 1 N–H and O–H groups in total. The summed E-state index contributed by atoms with van der Waals surface area (Å²) in [5, 5.41) is 9.61. The van der Waals surface area contributed by atoms with Crippen LogP contribution in [0, 0.1) is 0 Å². The van der Waals surface area contributed by atoms with E-state index in [1.54, 1.807) is 22.9 Å². The average molecular weight is 304 g/mol. The number of piperidine rings is 1. The molecule has 0 aromatic carbocycles. The van der Waals surface area contributed by atoms with Gasteiger partial charge in [0.05, 0.1) is 0 Å². The third kappa shape index (κ3) is 2.92. The lowest BCUT2D eigenvalue weighted by atomic mass is 9.90. The third-order valence-electron chi connectivity index (χ3n) is 3.96. The van der Waals surface area contributed by atoms with Crippen LogP contribution in [0.15, 0.2) is 18.3 Å². The molecule has 0 bridgehead atoms. The molecule has 0 unspecified atom stereocenters. The third-order valence-corrected chi connectivity index (χ3v) is 3.96. The zero-order valence-electron chi connectivity index (χ0n) is 12.0. The molecule has 0 aliphatic carbocycles. The minimum absolute atomic E-state index is 0.0934. The number of rotatable bonds is 2. The van der Waals surface area contributed by atoms with Crippen LogP contribution in [0.2, 0.25) is 0 Å². The summed E-state index contributed by atoms with van der Waals surface area (Å²) in [5.41, 5.74) is -2.22. The molecule has 0 saturated carbocycles. The van der Waals surface area contributed by atoms with Crippen molar-refractivity contribution in [3.05, 3.63) is 24.0 Å². The van der Waals surface area contributed by atoms with E-state index in [9.17, 15) is 23.1 Å². The summed E-state index contributed by atoms with van der Waals surface area (Å²) in [6.07, 6.45) is -3.84. The summed E-state index contributed by atoms with van der Waals surface area (Å²) in [6.45, 7) is 3.65. The normalized spacial score (nSPS) is 19.1. The monoisotopic (exact) mass is 304 g/mol. The van der Waals surface area contributed by atoms with Gasteiger partial charge in [0, 0.05) is 38.2 Å². The van der Waals surface area contributed by atoms with E-state index in [2.05, 4.69) is 0 Å². The van der Waals surface area contributed by atoms with Crippen LogP contribution in [0.3, 0.4) is 0 Å². The molecule has 0 radical (unpaired) electrons. The number of hydrogen-bond acceptors (Lipinski definition) is 2. The quantitative estimate of drug-likeness (QED) is 0.913. The Morgan fingerprint density at radius 1 is 1.33 bits per heavy atom. The van der Waals surface area contributed by atoms with Crippen LogP contribution >= 0.6 is 0 Å². The van der Waals surface area contributed by atoms with Crippen molar-refractivity contribution in [3.8, 4) is 0 Å². The first-order valence-corrected chi connectivity index (χ1v) is 6.91. The molecule has 1 amide bonds. The molecule has 0 atom stereocenters. The molecule has 1 aromatic rings. The Labute approximate surface area is 121 Å². The second kappa shape index (κ2) is 5.36. The highest BCUT2D eigenvalue weighted by molar-refractivity contribution is 5.92. The topological polar surface area (TPSA) is 45.5 Å². The zero-order valence-corrected chi connectivity index (χ0v) is 12.0. The maximum atomic E-state index is 12.7. The number of carbonyl (C=O) groups excluding carboxylic acids is 1. The SMILES string of the molecule is CC(C)n1cccc1C(=O)N1CCC(O)(C(F)(F)F)CC1. The number of halogens is 3. The van der Waals surface area contributed by atoms with E-state index in [-0.39, 0.29) is 25.0 Å². The summed E-state index contributed by atoms with van der Waals surface area (Å²) < 4.78 is 40.0. The number of likely N-dealkylation sites (tertiary alicyclic amines) is 1. The maximum absolute atomic E-state index is 12.7. The average Bonchev–Trinajstić information content (AvgIpc) is 2.86. The van der Waals surface area contributed by atoms with Crippen molar-refractivity contribution in [1.29, 1.82) is 0 Å². The first-order chi connectivity index (χ1) is 9.66. The Bertz CT molecular complexity index is 515. The van der Waals surface area contributed by atoms with Gasteiger partial charge in [0.25, 0.3) is 5.91 Å². The number of aliphatic hydroxyl groups is 1. The number of amides is 1. The van der Waals surface area contributed by atoms with Gasteiger partial charge >= 0.3 is 6.18 Å². The molecule has 1 aliphatic rings. The Morgan fingerprint density at radius 3 is 2.38 bits per heavy atom. The van der Waals surface area contributed by atoms with Crippen molar-refractivity contribution in [1.82, 2.24) is 9.47 Å². The van der Waals surface area contributed by atoms with Gasteiger partial charge < -0.3 is 14.6 Å². The second-order valence-corrected chi connectivity index (χ2v) is 5.72. The van der Waals surface area contributed by atoms with Gasteiger partial charge in [-0.25, -0.2) is 0 Å². The van der Waals surface area contributed by atoms with Gasteiger partial charge in [-0.2, -0.15) is 13.2 Å². The molecule has 1 aromatic heterocycles. The van der Waals surface area contributed by atoms with Gasteiger partial charge in [-0.3, -0.25) is 4.79 Å². The van der Waals surface area contributed by atoms with Gasteiger partial charge in [-0.15, -0.1) is 0 Å². The minimum atomic E-state index is -4.65. The number of nitrogens with zero attached hydrogens (tertiary/aromatic N) is 2. The molecule has 118 valence electrons. The summed E-state index contributed by atoms with van der Waals surface area (Å²) in [4.78, 5) is 13.8. The highest BCUT2D eigenvalue weighted by Crippen LogP contribution is 2.38. The maximum Gasteiger partial charge on any atom is 0.417 e. The number of carbonyl (C=O) groups is 1. The van der Waals surface area contributed by atoms with Crippen molar-refractivity contribution in [2.24, 2.45) is 0 Å². The lowest BCUT2D eigenvalue weighted by molar-refractivity contribution is -0.271. The van der Waals surface area contributed by atoms with Gasteiger partial charge in [0.1, 0.15) is 5.69 Å². The molecule has 1 fully saturated rings. The summed E-state index contributed by atoms with van der Waals surface area (Å²) in [6, 6.07) is 3.49. The first kappa shape index (κ1) is 15.9. The fourth-order valence-electron chi connectivity index (χ4n) is 2.55. The van der Waals surface area contributed by atoms with E-state index in [0.29, 0.717) is 5.69 Å². The Hall–Kier alpha value is -1.50. The van der Waals surface area contributed by atoms with Crippen molar-refractivity contribution in [3.63, 3.8) is 0 Å². The summed E-state index contributed by atoms with van der Waals surface area (Å²) >= 11 is 0. The number of aromatic nitrogens is 1. The highest BCUT2D eigenvalue weighted by atomic mass is 19.4. The predicted octanol–water partition coefficient (Wildman–Crippen LogP) is 2.60.